The molecule has 0 unspecified atom stereocenters. The van der Waals surface area contributed by atoms with Gasteiger partial charge in [0.15, 0.2) is 5.78 Å². The molecule has 2 aromatic rings. The molecule has 1 N–H and O–H groups in total. The molecule has 0 saturated carbocycles. The van der Waals surface area contributed by atoms with Crippen LogP contribution in [0.4, 0.5) is 0 Å². The lowest BCUT2D eigenvalue weighted by Gasteiger charge is -2.06. The van der Waals surface area contributed by atoms with E-state index in [2.05, 4.69) is 4.98 Å². The number of carbonyl (C=O) groups is 2. The predicted molar refractivity (Wildman–Crippen MR) is 89.7 cm³/mol. The van der Waals surface area contributed by atoms with Gasteiger partial charge in [-0.05, 0) is 49.2 Å². The molecule has 0 bridgehead atoms. The first kappa shape index (κ1) is 17.6. The van der Waals surface area contributed by atoms with E-state index in [0.717, 1.165) is 5.56 Å². The maximum atomic E-state index is 12.2. The molecule has 0 saturated heterocycles. The van der Waals surface area contributed by atoms with Gasteiger partial charge in [0.05, 0.1) is 4.90 Å². The number of carbonyl (C=O) groups excluding carboxylic acids is 2. The molecule has 0 aliphatic carbocycles. The Bertz CT molecular complexity index is 886. The van der Waals surface area contributed by atoms with Crippen LogP contribution < -0.4 is 4.72 Å². The van der Waals surface area contributed by atoms with Crippen molar-refractivity contribution in [2.24, 2.45) is 0 Å². The summed E-state index contributed by atoms with van der Waals surface area (Å²) in [5.74, 6) is -0.918. The highest BCUT2D eigenvalue weighted by Gasteiger charge is 2.17. The number of hydrogen-bond donors (Lipinski definition) is 1. The fraction of sp³-hybridized carbons (Fsp3) is 0.118. The lowest BCUT2D eigenvalue weighted by molar-refractivity contribution is -0.114. The molecular formula is C17H16N2O4S. The number of sulfonamides is 1. The third kappa shape index (κ3) is 4.36. The quantitative estimate of drug-likeness (QED) is 0.663. The van der Waals surface area contributed by atoms with Crippen molar-refractivity contribution < 1.29 is 18.0 Å². The number of nitrogens with one attached hydrogen (secondary N) is 1. The lowest BCUT2D eigenvalue weighted by atomic mass is 10.1. The van der Waals surface area contributed by atoms with E-state index in [-0.39, 0.29) is 10.7 Å². The second-order valence-electron chi connectivity index (χ2n) is 5.11. The van der Waals surface area contributed by atoms with E-state index in [1.807, 2.05) is 4.72 Å². The Morgan fingerprint density at radius 1 is 0.958 bits per heavy atom. The standard InChI is InChI=1S/C17H16N2O4S/c1-12(14-7-9-18-10-8-14)11-17(21)19-24(22,23)16-5-3-15(4-6-16)13(2)20/h3-11H,1-2H3,(H,19,21). The summed E-state index contributed by atoms with van der Waals surface area (Å²) >= 11 is 0. The van der Waals surface area contributed by atoms with Gasteiger partial charge >= 0.3 is 0 Å². The molecule has 7 heteroatoms. The number of Topliss-reactive ketones (excluding diaryl/α,β-unsaturated/α-hetero) is 1. The predicted octanol–water partition coefficient (Wildman–Crippen LogP) is 2.19. The smallest absolute Gasteiger partial charge is 0.264 e. The first-order valence-corrected chi connectivity index (χ1v) is 8.54. The SMILES string of the molecule is CC(=O)c1ccc(S(=O)(=O)NC(=O)C=C(C)c2ccncc2)cc1. The summed E-state index contributed by atoms with van der Waals surface area (Å²) in [5, 5.41) is 0. The highest BCUT2D eigenvalue weighted by atomic mass is 32.2. The Morgan fingerprint density at radius 3 is 2.08 bits per heavy atom. The van der Waals surface area contributed by atoms with Crippen LogP contribution in [0, 0.1) is 0 Å². The van der Waals surface area contributed by atoms with Gasteiger partial charge in [0.1, 0.15) is 0 Å². The zero-order valence-corrected chi connectivity index (χ0v) is 14.0. The van der Waals surface area contributed by atoms with Crippen LogP contribution in [-0.4, -0.2) is 25.1 Å². The van der Waals surface area contributed by atoms with Crippen molar-refractivity contribution in [3.63, 3.8) is 0 Å². The van der Waals surface area contributed by atoms with Crippen LogP contribution in [0.5, 0.6) is 0 Å². The largest absolute Gasteiger partial charge is 0.295 e. The molecule has 1 aromatic heterocycles. The molecule has 0 atom stereocenters. The van der Waals surface area contributed by atoms with Crippen molar-refractivity contribution in [2.75, 3.05) is 0 Å². The Labute approximate surface area is 140 Å². The van der Waals surface area contributed by atoms with Crippen LogP contribution in [0.25, 0.3) is 5.57 Å². The minimum atomic E-state index is -4.00. The Kier molecular flexibility index (Phi) is 5.25. The third-order valence-electron chi connectivity index (χ3n) is 3.29. The minimum Gasteiger partial charge on any atom is -0.295 e. The number of rotatable bonds is 5. The van der Waals surface area contributed by atoms with E-state index in [4.69, 9.17) is 0 Å². The van der Waals surface area contributed by atoms with Crippen LogP contribution in [0.1, 0.15) is 29.8 Å². The number of allylic oxidation sites excluding steroid dienone is 1. The van der Waals surface area contributed by atoms with E-state index in [1.54, 1.807) is 31.5 Å². The molecule has 24 heavy (non-hydrogen) atoms. The summed E-state index contributed by atoms with van der Waals surface area (Å²) in [5.41, 5.74) is 1.77. The molecule has 6 nitrogen and oxygen atoms in total. The first-order chi connectivity index (χ1) is 11.3. The van der Waals surface area contributed by atoms with Crippen molar-refractivity contribution in [1.82, 2.24) is 9.71 Å². The summed E-state index contributed by atoms with van der Waals surface area (Å²) in [6.45, 7) is 3.08. The third-order valence-corrected chi connectivity index (χ3v) is 4.65. The van der Waals surface area contributed by atoms with Crippen LogP contribution >= 0.6 is 0 Å². The number of nitrogens with zero attached hydrogens (tertiary/aromatic N) is 1. The van der Waals surface area contributed by atoms with Crippen molar-refractivity contribution in [1.29, 1.82) is 0 Å². The number of benzene rings is 1. The molecule has 0 spiro atoms. The van der Waals surface area contributed by atoms with Crippen LogP contribution in [0.15, 0.2) is 59.8 Å². The van der Waals surface area contributed by atoms with Gasteiger partial charge in [0, 0.05) is 24.0 Å². The van der Waals surface area contributed by atoms with Crippen molar-refractivity contribution in [2.45, 2.75) is 18.7 Å². The maximum absolute atomic E-state index is 12.2. The molecule has 1 heterocycles. The van der Waals surface area contributed by atoms with Gasteiger partial charge in [-0.15, -0.1) is 0 Å². The van der Waals surface area contributed by atoms with Gasteiger partial charge in [-0.2, -0.15) is 0 Å². The summed E-state index contributed by atoms with van der Waals surface area (Å²) in [4.78, 5) is 27.0. The molecule has 0 aliphatic rings. The lowest BCUT2D eigenvalue weighted by Crippen LogP contribution is -2.29. The number of hydrogen-bond acceptors (Lipinski definition) is 5. The summed E-state index contributed by atoms with van der Waals surface area (Å²) in [7, 11) is -4.00. The number of aromatic nitrogens is 1. The highest BCUT2D eigenvalue weighted by molar-refractivity contribution is 7.90. The fourth-order valence-electron chi connectivity index (χ4n) is 1.98. The topological polar surface area (TPSA) is 93.2 Å². The average molecular weight is 344 g/mol. The van der Waals surface area contributed by atoms with Crippen molar-refractivity contribution >= 4 is 27.3 Å². The van der Waals surface area contributed by atoms with Crippen LogP contribution in [-0.2, 0) is 14.8 Å². The zero-order valence-electron chi connectivity index (χ0n) is 13.2. The highest BCUT2D eigenvalue weighted by Crippen LogP contribution is 2.13. The molecule has 1 amide bonds. The van der Waals surface area contributed by atoms with Crippen molar-refractivity contribution in [3.8, 4) is 0 Å². The summed E-state index contributed by atoms with van der Waals surface area (Å²) in [6.07, 6.45) is 4.37. The average Bonchev–Trinajstić information content (AvgIpc) is 2.55. The van der Waals surface area contributed by atoms with Gasteiger partial charge in [-0.3, -0.25) is 14.6 Å². The van der Waals surface area contributed by atoms with E-state index in [1.165, 1.54) is 37.3 Å². The van der Waals surface area contributed by atoms with E-state index < -0.39 is 15.9 Å². The molecular weight excluding hydrogens is 328 g/mol. The first-order valence-electron chi connectivity index (χ1n) is 7.06. The number of pyridine rings is 1. The maximum Gasteiger partial charge on any atom is 0.264 e. The van der Waals surface area contributed by atoms with Gasteiger partial charge < -0.3 is 0 Å². The Hall–Kier alpha value is -2.80. The van der Waals surface area contributed by atoms with E-state index in [9.17, 15) is 18.0 Å². The molecule has 0 radical (unpaired) electrons. The van der Waals surface area contributed by atoms with Crippen LogP contribution in [0.2, 0.25) is 0 Å². The second-order valence-corrected chi connectivity index (χ2v) is 6.80. The summed E-state index contributed by atoms with van der Waals surface area (Å²) in [6, 6.07) is 8.80. The normalized spacial score (nSPS) is 11.8. The molecule has 124 valence electrons. The van der Waals surface area contributed by atoms with Gasteiger partial charge in [0.2, 0.25) is 0 Å². The Balaban J connectivity index is 2.16. The van der Waals surface area contributed by atoms with E-state index in [0.29, 0.717) is 11.1 Å². The van der Waals surface area contributed by atoms with E-state index >= 15 is 0 Å². The van der Waals surface area contributed by atoms with Crippen LogP contribution in [0.3, 0.4) is 0 Å². The van der Waals surface area contributed by atoms with Gasteiger partial charge in [-0.25, -0.2) is 13.1 Å². The minimum absolute atomic E-state index is 0.0872. The zero-order chi connectivity index (χ0) is 17.7. The molecule has 0 aliphatic heterocycles. The summed E-state index contributed by atoms with van der Waals surface area (Å²) < 4.78 is 26.3. The van der Waals surface area contributed by atoms with Gasteiger partial charge in [0.25, 0.3) is 15.9 Å². The molecule has 1 aromatic carbocycles. The second kappa shape index (κ2) is 7.18. The van der Waals surface area contributed by atoms with Gasteiger partial charge in [-0.1, -0.05) is 12.1 Å². The number of ketones is 1. The monoisotopic (exact) mass is 344 g/mol. The molecule has 0 fully saturated rings. The Morgan fingerprint density at radius 2 is 1.54 bits per heavy atom. The van der Waals surface area contributed by atoms with Crippen molar-refractivity contribution in [3.05, 3.63) is 66.0 Å². The fourth-order valence-corrected chi connectivity index (χ4v) is 2.92. The molecule has 2 rings (SSSR count). The number of amides is 1.